The fraction of sp³-hybridized carbons (Fsp3) is 0.684. The Hall–Kier alpha value is -1.46. The lowest BCUT2D eigenvalue weighted by molar-refractivity contribution is 0.0128. The molecule has 0 radical (unpaired) electrons. The smallest absolute Gasteiger partial charge is 0.253 e. The maximum atomic E-state index is 12.7. The van der Waals surface area contributed by atoms with Crippen LogP contribution in [0.5, 0.6) is 0 Å². The second-order valence-corrected chi connectivity index (χ2v) is 7.66. The Morgan fingerprint density at radius 3 is 2.92 bits per heavy atom. The lowest BCUT2D eigenvalue weighted by Gasteiger charge is -2.27. The van der Waals surface area contributed by atoms with Crippen molar-refractivity contribution in [2.45, 2.75) is 25.7 Å². The molecule has 2 atom stereocenters. The molecule has 2 saturated heterocycles. The van der Waals surface area contributed by atoms with Gasteiger partial charge in [0.25, 0.3) is 5.91 Å². The van der Waals surface area contributed by atoms with Gasteiger partial charge in [0.05, 0.1) is 19.8 Å². The second-order valence-electron chi connectivity index (χ2n) is 7.66. The van der Waals surface area contributed by atoms with Gasteiger partial charge in [0.1, 0.15) is 0 Å². The maximum Gasteiger partial charge on any atom is 0.253 e. The molecule has 0 bridgehead atoms. The van der Waals surface area contributed by atoms with Crippen molar-refractivity contribution < 1.29 is 14.3 Å². The molecule has 1 saturated carbocycles. The van der Waals surface area contributed by atoms with E-state index in [0.29, 0.717) is 24.7 Å². The fourth-order valence-corrected chi connectivity index (χ4v) is 4.47. The van der Waals surface area contributed by atoms with Crippen LogP contribution in [0.25, 0.3) is 0 Å². The van der Waals surface area contributed by atoms with E-state index >= 15 is 0 Å². The van der Waals surface area contributed by atoms with Crippen molar-refractivity contribution in [3.63, 3.8) is 0 Å². The highest BCUT2D eigenvalue weighted by atomic mass is 16.5. The van der Waals surface area contributed by atoms with Crippen molar-refractivity contribution in [1.29, 1.82) is 0 Å². The fourth-order valence-electron chi connectivity index (χ4n) is 4.47. The molecule has 0 aromatic carbocycles. The van der Waals surface area contributed by atoms with Crippen LogP contribution in [0.4, 0.5) is 0 Å². The van der Waals surface area contributed by atoms with Crippen molar-refractivity contribution >= 4 is 5.91 Å². The highest BCUT2D eigenvalue weighted by Crippen LogP contribution is 2.42. The Balaban J connectivity index is 1.38. The van der Waals surface area contributed by atoms with Gasteiger partial charge in [0.2, 0.25) is 0 Å². The molecule has 5 heteroatoms. The highest BCUT2D eigenvalue weighted by molar-refractivity contribution is 5.94. The lowest BCUT2D eigenvalue weighted by Crippen LogP contribution is -2.37. The number of hydrogen-bond acceptors (Lipinski definition) is 4. The van der Waals surface area contributed by atoms with E-state index < -0.39 is 0 Å². The summed E-state index contributed by atoms with van der Waals surface area (Å²) < 4.78 is 11.9. The second kappa shape index (κ2) is 6.81. The van der Waals surface area contributed by atoms with Gasteiger partial charge in [-0.3, -0.25) is 9.78 Å². The van der Waals surface area contributed by atoms with E-state index in [1.54, 1.807) is 24.5 Å². The Morgan fingerprint density at radius 2 is 2.12 bits per heavy atom. The summed E-state index contributed by atoms with van der Waals surface area (Å²) in [7, 11) is 0. The Morgan fingerprint density at radius 1 is 1.33 bits per heavy atom. The Kier molecular flexibility index (Phi) is 4.55. The monoisotopic (exact) mass is 330 g/mol. The third kappa shape index (κ3) is 3.07. The van der Waals surface area contributed by atoms with Gasteiger partial charge in [0, 0.05) is 49.0 Å². The molecule has 1 aliphatic carbocycles. The first-order valence-electron chi connectivity index (χ1n) is 9.12. The van der Waals surface area contributed by atoms with E-state index in [1.165, 1.54) is 25.7 Å². The Labute approximate surface area is 143 Å². The summed E-state index contributed by atoms with van der Waals surface area (Å²) >= 11 is 0. The van der Waals surface area contributed by atoms with Gasteiger partial charge in [-0.25, -0.2) is 0 Å². The molecule has 24 heavy (non-hydrogen) atoms. The first-order valence-corrected chi connectivity index (χ1v) is 9.12. The van der Waals surface area contributed by atoms with E-state index in [0.717, 1.165) is 32.2 Å². The molecular formula is C19H26N2O3. The van der Waals surface area contributed by atoms with Crippen molar-refractivity contribution in [3.05, 3.63) is 30.1 Å². The zero-order valence-electron chi connectivity index (χ0n) is 14.2. The number of pyridine rings is 1. The van der Waals surface area contributed by atoms with Gasteiger partial charge in [-0.1, -0.05) is 12.8 Å². The molecule has 130 valence electrons. The van der Waals surface area contributed by atoms with Crippen molar-refractivity contribution in [3.8, 4) is 0 Å². The summed E-state index contributed by atoms with van der Waals surface area (Å²) in [4.78, 5) is 18.7. The van der Waals surface area contributed by atoms with Gasteiger partial charge in [-0.15, -0.1) is 0 Å². The predicted octanol–water partition coefficient (Wildman–Crippen LogP) is 2.38. The average Bonchev–Trinajstić information content (AvgIpc) is 3.31. The van der Waals surface area contributed by atoms with Gasteiger partial charge in [-0.05, 0) is 30.9 Å². The number of likely N-dealkylation sites (tertiary alicyclic amines) is 1. The van der Waals surface area contributed by atoms with Gasteiger partial charge < -0.3 is 14.4 Å². The lowest BCUT2D eigenvalue weighted by atomic mass is 9.82. The average molecular weight is 330 g/mol. The van der Waals surface area contributed by atoms with Crippen molar-refractivity contribution in [2.24, 2.45) is 17.3 Å². The largest absolute Gasteiger partial charge is 0.380 e. The number of rotatable bonds is 5. The number of carbonyl (C=O) groups excluding carboxylic acids is 1. The highest BCUT2D eigenvalue weighted by Gasteiger charge is 2.52. The quantitative estimate of drug-likeness (QED) is 0.832. The van der Waals surface area contributed by atoms with Crippen LogP contribution >= 0.6 is 0 Å². The minimum atomic E-state index is -0.0126. The predicted molar refractivity (Wildman–Crippen MR) is 89.7 cm³/mol. The number of hydrogen-bond donors (Lipinski definition) is 0. The summed E-state index contributed by atoms with van der Waals surface area (Å²) in [5.74, 6) is 1.23. The Bertz CT molecular complexity index is 573. The summed E-state index contributed by atoms with van der Waals surface area (Å²) in [6.07, 6.45) is 8.65. The SMILES string of the molecule is O=C(c1ccncc1)N1C[C@@H]2COC[C@]2(COCC2CCCC2)C1. The summed E-state index contributed by atoms with van der Waals surface area (Å²) in [6, 6.07) is 3.58. The number of fused-ring (bicyclic) bond motifs is 1. The molecule has 1 aromatic heterocycles. The van der Waals surface area contributed by atoms with Crippen molar-refractivity contribution in [2.75, 3.05) is 39.5 Å². The molecule has 3 heterocycles. The van der Waals surface area contributed by atoms with Crippen LogP contribution in [0, 0.1) is 17.3 Å². The molecule has 0 unspecified atom stereocenters. The molecule has 0 spiro atoms. The van der Waals surface area contributed by atoms with Gasteiger partial charge >= 0.3 is 0 Å². The van der Waals surface area contributed by atoms with E-state index in [2.05, 4.69) is 4.98 Å². The van der Waals surface area contributed by atoms with Crippen LogP contribution in [0.1, 0.15) is 36.0 Å². The molecule has 3 aliphatic rings. The van der Waals surface area contributed by atoms with E-state index in [9.17, 15) is 4.79 Å². The molecule has 1 amide bonds. The number of aromatic nitrogens is 1. The first-order chi connectivity index (χ1) is 11.8. The normalized spacial score (nSPS) is 30.0. The standard InChI is InChI=1S/C19H26N2O3/c22-18(16-5-7-20-8-6-16)21-9-17-11-24-14-19(17,12-21)13-23-10-15-3-1-2-4-15/h5-8,15,17H,1-4,9-14H2/t17-,19-/m1/s1. The zero-order chi connectivity index (χ0) is 16.4. The van der Waals surface area contributed by atoms with Crippen LogP contribution in [-0.2, 0) is 9.47 Å². The van der Waals surface area contributed by atoms with E-state index in [4.69, 9.17) is 9.47 Å². The number of carbonyl (C=O) groups is 1. The zero-order valence-corrected chi connectivity index (χ0v) is 14.2. The first kappa shape index (κ1) is 16.0. The number of ether oxygens (including phenoxy) is 2. The van der Waals surface area contributed by atoms with Crippen LogP contribution in [0.2, 0.25) is 0 Å². The van der Waals surface area contributed by atoms with Crippen LogP contribution in [0.3, 0.4) is 0 Å². The molecular weight excluding hydrogens is 304 g/mol. The molecule has 1 aromatic rings. The third-order valence-corrected chi connectivity index (χ3v) is 5.95. The van der Waals surface area contributed by atoms with E-state index in [-0.39, 0.29) is 11.3 Å². The molecule has 3 fully saturated rings. The van der Waals surface area contributed by atoms with Crippen molar-refractivity contribution in [1.82, 2.24) is 9.88 Å². The summed E-state index contributed by atoms with van der Waals surface area (Å²) in [5, 5.41) is 0. The van der Waals surface area contributed by atoms with Gasteiger partial charge in [0.15, 0.2) is 0 Å². The number of nitrogens with zero attached hydrogens (tertiary/aromatic N) is 2. The van der Waals surface area contributed by atoms with Gasteiger partial charge in [-0.2, -0.15) is 0 Å². The molecule has 2 aliphatic heterocycles. The maximum absolute atomic E-state index is 12.7. The van der Waals surface area contributed by atoms with Crippen LogP contribution < -0.4 is 0 Å². The molecule has 4 rings (SSSR count). The minimum absolute atomic E-state index is 0.0126. The minimum Gasteiger partial charge on any atom is -0.380 e. The molecule has 5 nitrogen and oxygen atoms in total. The van der Waals surface area contributed by atoms with E-state index in [1.807, 2.05) is 4.90 Å². The van der Waals surface area contributed by atoms with Crippen LogP contribution in [-0.4, -0.2) is 55.3 Å². The molecule has 0 N–H and O–H groups in total. The summed E-state index contributed by atoms with van der Waals surface area (Å²) in [5.41, 5.74) is 0.703. The topological polar surface area (TPSA) is 51.7 Å². The summed E-state index contributed by atoms with van der Waals surface area (Å²) in [6.45, 7) is 4.55. The van der Waals surface area contributed by atoms with Crippen LogP contribution in [0.15, 0.2) is 24.5 Å². The third-order valence-electron chi connectivity index (χ3n) is 5.95. The number of amides is 1.